The molecular formula is C29H40N8O8. The van der Waals surface area contributed by atoms with Crippen LogP contribution in [0.5, 0.6) is 0 Å². The Kier molecular flexibility index (Phi) is 14.6. The van der Waals surface area contributed by atoms with E-state index in [1.165, 1.54) is 18.3 Å². The molecule has 3 rings (SSSR count). The standard InChI is InChI=1S/C29H40N8O8/c1-2-11-43-13-15-45-16-14-44-12-3-10-31-23(38)9-8-22(28(41)42)35-26(39)19-4-6-20(7-5-19)32-17-21-18-33-25-24(34-21)27(40)37-29(30)36-25/h4-7,18,22,32H,2-3,8-17H2,1H3,(H,31,38)(H,35,39)(H,41,42)(H3,30,33,36,37,40)/t22-/m1/s1. The normalized spacial score (nSPS) is 11.7. The number of hydrogen-bond donors (Lipinski definition) is 6. The second-order valence-electron chi connectivity index (χ2n) is 9.86. The van der Waals surface area contributed by atoms with Crippen LogP contribution < -0.4 is 27.2 Å². The third-order valence-corrected chi connectivity index (χ3v) is 6.25. The minimum atomic E-state index is -1.24. The molecule has 7 N–H and O–H groups in total. The maximum absolute atomic E-state index is 12.7. The van der Waals surface area contributed by atoms with Gasteiger partial charge in [-0.2, -0.15) is 4.98 Å². The third kappa shape index (κ3) is 12.5. The van der Waals surface area contributed by atoms with Gasteiger partial charge in [0.25, 0.3) is 11.5 Å². The van der Waals surface area contributed by atoms with Crippen molar-refractivity contribution in [2.45, 2.75) is 45.2 Å². The Morgan fingerprint density at radius 3 is 2.38 bits per heavy atom. The maximum atomic E-state index is 12.7. The highest BCUT2D eigenvalue weighted by Crippen LogP contribution is 2.12. The van der Waals surface area contributed by atoms with Gasteiger partial charge in [0.2, 0.25) is 11.9 Å². The first-order valence-corrected chi connectivity index (χ1v) is 14.7. The summed E-state index contributed by atoms with van der Waals surface area (Å²) in [6, 6.07) is 5.10. The minimum Gasteiger partial charge on any atom is -0.480 e. The van der Waals surface area contributed by atoms with Crippen LogP contribution in [0, 0.1) is 0 Å². The molecule has 1 atom stereocenters. The molecule has 0 aliphatic carbocycles. The van der Waals surface area contributed by atoms with Crippen molar-refractivity contribution in [2.24, 2.45) is 0 Å². The second-order valence-corrected chi connectivity index (χ2v) is 9.86. The number of nitrogen functional groups attached to an aromatic ring is 1. The smallest absolute Gasteiger partial charge is 0.326 e. The SMILES string of the molecule is CCCOCCOCCOCCCNC(=O)CC[C@@H](NC(=O)c1ccc(NCc2cnc3nc(N)[nH]c(=O)c3n2)cc1)C(=O)O. The van der Waals surface area contributed by atoms with Crippen LogP contribution in [-0.2, 0) is 30.3 Å². The van der Waals surface area contributed by atoms with E-state index in [2.05, 4.69) is 35.9 Å². The number of carbonyl (C=O) groups is 3. The summed E-state index contributed by atoms with van der Waals surface area (Å²) in [5.74, 6) is -2.19. The minimum absolute atomic E-state index is 0.0489. The zero-order chi connectivity index (χ0) is 32.4. The monoisotopic (exact) mass is 628 g/mol. The number of aliphatic carboxylic acids is 1. The van der Waals surface area contributed by atoms with Crippen molar-refractivity contribution in [3.05, 3.63) is 52.1 Å². The Morgan fingerprint density at radius 2 is 1.69 bits per heavy atom. The van der Waals surface area contributed by atoms with Gasteiger partial charge in [0.15, 0.2) is 11.2 Å². The van der Waals surface area contributed by atoms with Crippen molar-refractivity contribution >= 4 is 40.6 Å². The molecule has 0 saturated heterocycles. The van der Waals surface area contributed by atoms with Crippen LogP contribution in [0.2, 0.25) is 0 Å². The average Bonchev–Trinajstić information content (AvgIpc) is 3.02. The van der Waals surface area contributed by atoms with Crippen molar-refractivity contribution < 1.29 is 33.7 Å². The Labute approximate surface area is 259 Å². The van der Waals surface area contributed by atoms with Gasteiger partial charge in [-0.1, -0.05) is 6.92 Å². The highest BCUT2D eigenvalue weighted by Gasteiger charge is 2.21. The number of amides is 2. The van der Waals surface area contributed by atoms with Gasteiger partial charge >= 0.3 is 5.97 Å². The summed E-state index contributed by atoms with van der Waals surface area (Å²) >= 11 is 0. The molecule has 0 aliphatic rings. The van der Waals surface area contributed by atoms with Crippen LogP contribution in [0.3, 0.4) is 0 Å². The lowest BCUT2D eigenvalue weighted by Crippen LogP contribution is -2.41. The summed E-state index contributed by atoms with van der Waals surface area (Å²) < 4.78 is 16.1. The summed E-state index contributed by atoms with van der Waals surface area (Å²) in [4.78, 5) is 63.3. The Bertz CT molecular complexity index is 1450. The maximum Gasteiger partial charge on any atom is 0.326 e. The number of carboxylic acid groups (broad SMARTS) is 1. The molecule has 0 fully saturated rings. The van der Waals surface area contributed by atoms with E-state index in [0.29, 0.717) is 57.4 Å². The number of anilines is 2. The topological polar surface area (TPSA) is 233 Å². The molecule has 2 aromatic heterocycles. The van der Waals surface area contributed by atoms with Gasteiger partial charge < -0.3 is 41.0 Å². The zero-order valence-corrected chi connectivity index (χ0v) is 25.2. The van der Waals surface area contributed by atoms with Gasteiger partial charge in [-0.15, -0.1) is 0 Å². The molecule has 1 aromatic carbocycles. The zero-order valence-electron chi connectivity index (χ0n) is 25.2. The van der Waals surface area contributed by atoms with E-state index in [1.807, 2.05) is 6.92 Å². The van der Waals surface area contributed by atoms with Crippen LogP contribution in [0.1, 0.15) is 48.7 Å². The molecule has 0 saturated carbocycles. The molecule has 0 spiro atoms. The fraction of sp³-hybridized carbons (Fsp3) is 0.483. The summed E-state index contributed by atoms with van der Waals surface area (Å²) in [7, 11) is 0. The van der Waals surface area contributed by atoms with Crippen molar-refractivity contribution in [2.75, 3.05) is 57.2 Å². The highest BCUT2D eigenvalue weighted by molar-refractivity contribution is 5.97. The molecule has 0 unspecified atom stereocenters. The van der Waals surface area contributed by atoms with Gasteiger partial charge in [-0.25, -0.2) is 14.8 Å². The number of nitrogens with zero attached hydrogens (tertiary/aromatic N) is 3. The Morgan fingerprint density at radius 1 is 1.00 bits per heavy atom. The Hall–Kier alpha value is -4.67. The number of aromatic nitrogens is 4. The molecule has 0 aliphatic heterocycles. The van der Waals surface area contributed by atoms with Gasteiger partial charge in [-0.3, -0.25) is 19.4 Å². The van der Waals surface area contributed by atoms with E-state index < -0.39 is 23.5 Å². The number of nitrogens with two attached hydrogens (primary N) is 1. The number of benzene rings is 1. The first kappa shape index (κ1) is 34.8. The number of ether oxygens (including phenoxy) is 3. The van der Waals surface area contributed by atoms with E-state index in [-0.39, 0.29) is 48.0 Å². The van der Waals surface area contributed by atoms with Crippen LogP contribution in [0.15, 0.2) is 35.3 Å². The molecule has 244 valence electrons. The van der Waals surface area contributed by atoms with E-state index in [4.69, 9.17) is 19.9 Å². The van der Waals surface area contributed by atoms with E-state index in [0.717, 1.165) is 13.0 Å². The molecule has 3 aromatic rings. The number of carbonyl (C=O) groups excluding carboxylic acids is 2. The number of carboxylic acids is 1. The molecule has 45 heavy (non-hydrogen) atoms. The summed E-state index contributed by atoms with van der Waals surface area (Å²) in [5.41, 5.74) is 6.60. The fourth-order valence-electron chi connectivity index (χ4n) is 3.94. The van der Waals surface area contributed by atoms with Crippen molar-refractivity contribution in [3.63, 3.8) is 0 Å². The van der Waals surface area contributed by atoms with Crippen LogP contribution in [0.4, 0.5) is 11.6 Å². The van der Waals surface area contributed by atoms with Crippen molar-refractivity contribution in [1.29, 1.82) is 0 Å². The first-order chi connectivity index (χ1) is 21.8. The molecule has 2 heterocycles. The van der Waals surface area contributed by atoms with Gasteiger partial charge in [0.1, 0.15) is 6.04 Å². The van der Waals surface area contributed by atoms with Gasteiger partial charge in [0, 0.05) is 37.4 Å². The van der Waals surface area contributed by atoms with Crippen LogP contribution >= 0.6 is 0 Å². The largest absolute Gasteiger partial charge is 0.480 e. The number of rotatable bonds is 21. The summed E-state index contributed by atoms with van der Waals surface area (Å²) in [6.07, 6.45) is 2.90. The lowest BCUT2D eigenvalue weighted by atomic mass is 10.1. The quantitative estimate of drug-likeness (QED) is 0.0899. The fourth-order valence-corrected chi connectivity index (χ4v) is 3.94. The average molecular weight is 629 g/mol. The first-order valence-electron chi connectivity index (χ1n) is 14.7. The predicted octanol–water partition coefficient (Wildman–Crippen LogP) is 0.837. The number of nitrogens with one attached hydrogen (secondary N) is 4. The summed E-state index contributed by atoms with van der Waals surface area (Å²) in [6.45, 7) is 5.82. The molecule has 2 amide bonds. The van der Waals surface area contributed by atoms with Gasteiger partial charge in [0.05, 0.1) is 44.9 Å². The number of aromatic amines is 1. The predicted molar refractivity (Wildman–Crippen MR) is 165 cm³/mol. The van der Waals surface area contributed by atoms with E-state index >= 15 is 0 Å². The molecule has 0 radical (unpaired) electrons. The number of fused-ring (bicyclic) bond motifs is 1. The lowest BCUT2D eigenvalue weighted by Gasteiger charge is -2.15. The van der Waals surface area contributed by atoms with E-state index in [9.17, 15) is 24.3 Å². The van der Waals surface area contributed by atoms with Crippen molar-refractivity contribution in [1.82, 2.24) is 30.6 Å². The third-order valence-electron chi connectivity index (χ3n) is 6.25. The number of hydrogen-bond acceptors (Lipinski definition) is 12. The molecule has 16 nitrogen and oxygen atoms in total. The van der Waals surface area contributed by atoms with Gasteiger partial charge in [-0.05, 0) is 43.5 Å². The molecule has 0 bridgehead atoms. The summed E-state index contributed by atoms with van der Waals surface area (Å²) in [5, 5.41) is 17.9. The second kappa shape index (κ2) is 18.9. The van der Waals surface area contributed by atoms with E-state index in [1.54, 1.807) is 12.1 Å². The highest BCUT2D eigenvalue weighted by atomic mass is 16.5. The molecular weight excluding hydrogens is 588 g/mol. The molecule has 16 heteroatoms. The van der Waals surface area contributed by atoms with Crippen LogP contribution in [0.25, 0.3) is 11.2 Å². The number of H-pyrrole nitrogens is 1. The van der Waals surface area contributed by atoms with Crippen molar-refractivity contribution in [3.8, 4) is 0 Å². The van der Waals surface area contributed by atoms with Crippen LogP contribution in [-0.4, -0.2) is 95.1 Å². The Balaban J connectivity index is 1.33. The lowest BCUT2D eigenvalue weighted by molar-refractivity contribution is -0.139.